The fraction of sp³-hybridized carbons (Fsp3) is 0.438. The molecule has 0 atom stereocenters. The fourth-order valence-corrected chi connectivity index (χ4v) is 2.93. The number of aromatic nitrogens is 2. The molecular formula is C16H20BrN3. The van der Waals surface area contributed by atoms with Crippen molar-refractivity contribution in [2.45, 2.75) is 45.8 Å². The smallest absolute Gasteiger partial charge is 0.0663 e. The summed E-state index contributed by atoms with van der Waals surface area (Å²) in [6, 6.07) is 9.15. The van der Waals surface area contributed by atoms with Gasteiger partial charge in [-0.3, -0.25) is 4.68 Å². The van der Waals surface area contributed by atoms with Gasteiger partial charge in [0.25, 0.3) is 0 Å². The zero-order valence-corrected chi connectivity index (χ0v) is 13.6. The van der Waals surface area contributed by atoms with E-state index in [0.717, 1.165) is 29.3 Å². The van der Waals surface area contributed by atoms with Crippen molar-refractivity contribution in [1.82, 2.24) is 15.1 Å². The Labute approximate surface area is 128 Å². The molecule has 0 saturated heterocycles. The minimum atomic E-state index is 0.738. The average Bonchev–Trinajstić information content (AvgIpc) is 3.18. The topological polar surface area (TPSA) is 29.9 Å². The zero-order chi connectivity index (χ0) is 14.1. The lowest BCUT2D eigenvalue weighted by Crippen LogP contribution is -2.16. The van der Waals surface area contributed by atoms with Crippen LogP contribution in [0.3, 0.4) is 0 Å². The fourth-order valence-electron chi connectivity index (χ4n) is 2.49. The van der Waals surface area contributed by atoms with Crippen LogP contribution in [0.1, 0.15) is 35.4 Å². The van der Waals surface area contributed by atoms with Crippen LogP contribution in [0.5, 0.6) is 0 Å². The summed E-state index contributed by atoms with van der Waals surface area (Å²) < 4.78 is 3.23. The van der Waals surface area contributed by atoms with Crippen molar-refractivity contribution in [3.63, 3.8) is 0 Å². The summed E-state index contributed by atoms with van der Waals surface area (Å²) in [4.78, 5) is 0. The van der Waals surface area contributed by atoms with Crippen molar-refractivity contribution in [3.05, 3.63) is 51.3 Å². The third-order valence-electron chi connectivity index (χ3n) is 3.90. The summed E-state index contributed by atoms with van der Waals surface area (Å²) in [5.74, 6) is 0. The Bertz CT molecular complexity index is 614. The Balaban J connectivity index is 1.77. The van der Waals surface area contributed by atoms with Crippen LogP contribution in [0.25, 0.3) is 0 Å². The molecule has 1 heterocycles. The molecule has 0 aliphatic heterocycles. The van der Waals surface area contributed by atoms with Gasteiger partial charge in [0.15, 0.2) is 0 Å². The standard InChI is InChI=1S/C16H20BrN3/c1-11-16(9-18-15-6-7-15)12(2)20(19-11)10-13-4-3-5-14(17)8-13/h3-5,8,15,18H,6-7,9-10H2,1-2H3. The van der Waals surface area contributed by atoms with E-state index in [1.807, 2.05) is 0 Å². The number of rotatable bonds is 5. The molecule has 1 aliphatic rings. The predicted molar refractivity (Wildman–Crippen MR) is 84.8 cm³/mol. The maximum absolute atomic E-state index is 4.69. The molecule has 2 aromatic rings. The molecule has 1 aromatic heterocycles. The third kappa shape index (κ3) is 3.13. The van der Waals surface area contributed by atoms with Gasteiger partial charge in [-0.2, -0.15) is 5.10 Å². The molecule has 1 fully saturated rings. The van der Waals surface area contributed by atoms with Crippen molar-refractivity contribution in [1.29, 1.82) is 0 Å². The summed E-state index contributed by atoms with van der Waals surface area (Å²) in [5.41, 5.74) is 5.04. The maximum atomic E-state index is 4.69. The first-order valence-corrected chi connectivity index (χ1v) is 7.93. The van der Waals surface area contributed by atoms with Gasteiger partial charge in [-0.1, -0.05) is 28.1 Å². The van der Waals surface area contributed by atoms with Gasteiger partial charge >= 0.3 is 0 Å². The highest BCUT2D eigenvalue weighted by molar-refractivity contribution is 9.10. The number of halogens is 1. The van der Waals surface area contributed by atoms with Crippen LogP contribution in [0.4, 0.5) is 0 Å². The summed E-state index contributed by atoms with van der Waals surface area (Å²) in [6.45, 7) is 6.05. The summed E-state index contributed by atoms with van der Waals surface area (Å²) in [5, 5.41) is 8.27. The first-order chi connectivity index (χ1) is 9.63. The molecule has 0 spiro atoms. The van der Waals surface area contributed by atoms with Crippen LogP contribution in [0.2, 0.25) is 0 Å². The second-order valence-electron chi connectivity index (χ2n) is 5.59. The molecule has 0 amide bonds. The molecular weight excluding hydrogens is 314 g/mol. The van der Waals surface area contributed by atoms with Crippen LogP contribution in [-0.2, 0) is 13.1 Å². The quantitative estimate of drug-likeness (QED) is 0.906. The number of hydrogen-bond donors (Lipinski definition) is 1. The van der Waals surface area contributed by atoms with E-state index in [1.54, 1.807) is 0 Å². The molecule has 0 radical (unpaired) electrons. The van der Waals surface area contributed by atoms with Crippen LogP contribution >= 0.6 is 15.9 Å². The zero-order valence-electron chi connectivity index (χ0n) is 12.0. The minimum Gasteiger partial charge on any atom is -0.310 e. The molecule has 1 N–H and O–H groups in total. The molecule has 4 heteroatoms. The van der Waals surface area contributed by atoms with E-state index in [4.69, 9.17) is 5.10 Å². The molecule has 106 valence electrons. The molecule has 1 aliphatic carbocycles. The first kappa shape index (κ1) is 13.8. The predicted octanol–water partition coefficient (Wildman–Crippen LogP) is 3.56. The number of nitrogens with one attached hydrogen (secondary N) is 1. The van der Waals surface area contributed by atoms with Crippen LogP contribution in [0.15, 0.2) is 28.7 Å². The molecule has 3 rings (SSSR count). The Kier molecular flexibility index (Phi) is 3.94. The highest BCUT2D eigenvalue weighted by atomic mass is 79.9. The Morgan fingerprint density at radius 3 is 2.85 bits per heavy atom. The third-order valence-corrected chi connectivity index (χ3v) is 4.39. The number of aryl methyl sites for hydroxylation is 1. The van der Waals surface area contributed by atoms with Crippen LogP contribution < -0.4 is 5.32 Å². The van der Waals surface area contributed by atoms with Crippen molar-refractivity contribution in [2.24, 2.45) is 0 Å². The lowest BCUT2D eigenvalue weighted by atomic mass is 10.2. The molecule has 0 unspecified atom stereocenters. The number of hydrogen-bond acceptors (Lipinski definition) is 2. The summed E-state index contributed by atoms with van der Waals surface area (Å²) in [6.07, 6.45) is 2.65. The van der Waals surface area contributed by atoms with Crippen molar-refractivity contribution in [2.75, 3.05) is 0 Å². The second kappa shape index (κ2) is 5.70. The molecule has 3 nitrogen and oxygen atoms in total. The van der Waals surface area contributed by atoms with E-state index in [-0.39, 0.29) is 0 Å². The second-order valence-corrected chi connectivity index (χ2v) is 6.51. The molecule has 1 aromatic carbocycles. The average molecular weight is 334 g/mol. The SMILES string of the molecule is Cc1nn(Cc2cccc(Br)c2)c(C)c1CNC1CC1. The summed E-state index contributed by atoms with van der Waals surface area (Å²) >= 11 is 3.52. The van der Waals surface area contributed by atoms with E-state index in [2.05, 4.69) is 64.0 Å². The maximum Gasteiger partial charge on any atom is 0.0663 e. The van der Waals surface area contributed by atoms with Crippen LogP contribution in [-0.4, -0.2) is 15.8 Å². The van der Waals surface area contributed by atoms with Crippen molar-refractivity contribution < 1.29 is 0 Å². The van der Waals surface area contributed by atoms with E-state index >= 15 is 0 Å². The lowest BCUT2D eigenvalue weighted by Gasteiger charge is -2.07. The van der Waals surface area contributed by atoms with Crippen molar-refractivity contribution >= 4 is 15.9 Å². The first-order valence-electron chi connectivity index (χ1n) is 7.14. The minimum absolute atomic E-state index is 0.738. The van der Waals surface area contributed by atoms with Gasteiger partial charge in [-0.05, 0) is 44.4 Å². The van der Waals surface area contributed by atoms with Gasteiger partial charge in [0.05, 0.1) is 12.2 Å². The van der Waals surface area contributed by atoms with Gasteiger partial charge < -0.3 is 5.32 Å². The van der Waals surface area contributed by atoms with Gasteiger partial charge in [0, 0.05) is 28.3 Å². The number of nitrogens with zero attached hydrogens (tertiary/aromatic N) is 2. The monoisotopic (exact) mass is 333 g/mol. The Morgan fingerprint density at radius 1 is 1.35 bits per heavy atom. The molecule has 20 heavy (non-hydrogen) atoms. The number of benzene rings is 1. The van der Waals surface area contributed by atoms with Gasteiger partial charge in [0.1, 0.15) is 0 Å². The van der Waals surface area contributed by atoms with Gasteiger partial charge in [0.2, 0.25) is 0 Å². The largest absolute Gasteiger partial charge is 0.310 e. The normalized spacial score (nSPS) is 14.8. The Hall–Kier alpha value is -1.13. The van der Waals surface area contributed by atoms with Crippen LogP contribution in [0, 0.1) is 13.8 Å². The summed E-state index contributed by atoms with van der Waals surface area (Å²) in [7, 11) is 0. The van der Waals surface area contributed by atoms with Gasteiger partial charge in [-0.25, -0.2) is 0 Å². The van der Waals surface area contributed by atoms with Gasteiger partial charge in [-0.15, -0.1) is 0 Å². The van der Waals surface area contributed by atoms with E-state index in [9.17, 15) is 0 Å². The lowest BCUT2D eigenvalue weighted by molar-refractivity contribution is 0.652. The van der Waals surface area contributed by atoms with E-state index < -0.39 is 0 Å². The van der Waals surface area contributed by atoms with Crippen molar-refractivity contribution in [3.8, 4) is 0 Å². The van der Waals surface area contributed by atoms with E-state index in [1.165, 1.54) is 29.7 Å². The highest BCUT2D eigenvalue weighted by Crippen LogP contribution is 2.21. The Morgan fingerprint density at radius 2 is 2.15 bits per heavy atom. The molecule has 0 bridgehead atoms. The highest BCUT2D eigenvalue weighted by Gasteiger charge is 2.21. The van der Waals surface area contributed by atoms with E-state index in [0.29, 0.717) is 0 Å². The molecule has 1 saturated carbocycles.